The average Bonchev–Trinajstić information content (AvgIpc) is 3.06. The molecule has 0 fully saturated rings. The maximum absolute atomic E-state index is 12.9. The van der Waals surface area contributed by atoms with E-state index in [9.17, 15) is 14.0 Å². The van der Waals surface area contributed by atoms with Crippen LogP contribution in [0.2, 0.25) is 0 Å². The van der Waals surface area contributed by atoms with Crippen LogP contribution in [-0.4, -0.2) is 35.3 Å². The molecule has 27 heavy (non-hydrogen) atoms. The second kappa shape index (κ2) is 8.73. The van der Waals surface area contributed by atoms with E-state index in [1.54, 1.807) is 18.4 Å². The molecule has 140 valence electrons. The van der Waals surface area contributed by atoms with Crippen molar-refractivity contribution in [1.82, 2.24) is 9.88 Å². The van der Waals surface area contributed by atoms with Crippen molar-refractivity contribution in [3.63, 3.8) is 0 Å². The lowest BCUT2D eigenvalue weighted by molar-refractivity contribution is -0.133. The van der Waals surface area contributed by atoms with Crippen LogP contribution in [0.4, 0.5) is 10.1 Å². The number of fused-ring (bicyclic) bond motifs is 1. The van der Waals surface area contributed by atoms with Crippen LogP contribution in [-0.2, 0) is 16.0 Å². The lowest BCUT2D eigenvalue weighted by Gasteiger charge is -2.16. The van der Waals surface area contributed by atoms with Gasteiger partial charge in [-0.15, -0.1) is 11.3 Å². The number of carbonyl (C=O) groups excluding carboxylic acids is 2. The first-order valence-corrected chi connectivity index (χ1v) is 9.47. The summed E-state index contributed by atoms with van der Waals surface area (Å²) in [6, 6.07) is 13.5. The third kappa shape index (κ3) is 5.34. The van der Waals surface area contributed by atoms with Gasteiger partial charge in [0.2, 0.25) is 11.8 Å². The van der Waals surface area contributed by atoms with E-state index >= 15 is 0 Å². The molecule has 5 nitrogen and oxygen atoms in total. The van der Waals surface area contributed by atoms with Crippen LogP contribution in [0.15, 0.2) is 48.5 Å². The van der Waals surface area contributed by atoms with Gasteiger partial charge in [-0.05, 0) is 49.2 Å². The highest BCUT2D eigenvalue weighted by Gasteiger charge is 2.13. The molecule has 7 heteroatoms. The summed E-state index contributed by atoms with van der Waals surface area (Å²) in [6.07, 6.45) is 1.78. The van der Waals surface area contributed by atoms with Gasteiger partial charge >= 0.3 is 0 Å². The number of hydrogen-bond donors (Lipinski definition) is 1. The molecule has 0 saturated heterocycles. The summed E-state index contributed by atoms with van der Waals surface area (Å²) in [5, 5.41) is 3.66. The van der Waals surface area contributed by atoms with Crippen molar-refractivity contribution in [3.8, 4) is 0 Å². The molecule has 1 heterocycles. The highest BCUT2D eigenvalue weighted by atomic mass is 32.1. The highest BCUT2D eigenvalue weighted by molar-refractivity contribution is 7.18. The van der Waals surface area contributed by atoms with Crippen LogP contribution in [0.3, 0.4) is 0 Å². The number of nitrogens with one attached hydrogen (secondary N) is 1. The number of amides is 2. The van der Waals surface area contributed by atoms with Gasteiger partial charge in [-0.25, -0.2) is 9.37 Å². The maximum atomic E-state index is 12.9. The van der Waals surface area contributed by atoms with Gasteiger partial charge in [-0.3, -0.25) is 9.59 Å². The Labute approximate surface area is 160 Å². The molecule has 0 spiro atoms. The number of thiazole rings is 1. The second-order valence-corrected chi connectivity index (χ2v) is 7.35. The molecule has 2 amide bonds. The van der Waals surface area contributed by atoms with E-state index in [1.165, 1.54) is 29.2 Å². The molecule has 0 aliphatic heterocycles. The third-order valence-corrected chi connectivity index (χ3v) is 5.15. The van der Waals surface area contributed by atoms with Gasteiger partial charge in [0.25, 0.3) is 0 Å². The van der Waals surface area contributed by atoms with Crippen molar-refractivity contribution in [3.05, 3.63) is 59.4 Å². The fourth-order valence-corrected chi connectivity index (χ4v) is 3.65. The number of likely N-dealkylation sites (N-methyl/N-ethyl adjacent to an activating group) is 1. The first-order valence-electron chi connectivity index (χ1n) is 8.65. The summed E-state index contributed by atoms with van der Waals surface area (Å²) in [6.45, 7) is -0.0443. The molecule has 0 saturated carbocycles. The van der Waals surface area contributed by atoms with Crippen LogP contribution in [0, 0.1) is 5.82 Å². The van der Waals surface area contributed by atoms with E-state index in [0.717, 1.165) is 21.6 Å². The van der Waals surface area contributed by atoms with E-state index in [1.807, 2.05) is 24.3 Å². The number of aryl methyl sites for hydroxylation is 1. The topological polar surface area (TPSA) is 62.3 Å². The number of aromatic nitrogens is 1. The fraction of sp³-hybridized carbons (Fsp3) is 0.250. The number of halogens is 1. The van der Waals surface area contributed by atoms with Crippen molar-refractivity contribution < 1.29 is 14.0 Å². The Morgan fingerprint density at radius 2 is 1.89 bits per heavy atom. The van der Waals surface area contributed by atoms with Gasteiger partial charge < -0.3 is 10.2 Å². The van der Waals surface area contributed by atoms with Crippen LogP contribution in [0.5, 0.6) is 0 Å². The van der Waals surface area contributed by atoms with Crippen molar-refractivity contribution >= 4 is 39.1 Å². The lowest BCUT2D eigenvalue weighted by atomic mass is 10.2. The van der Waals surface area contributed by atoms with Crippen LogP contribution in [0.1, 0.15) is 17.8 Å². The van der Waals surface area contributed by atoms with Gasteiger partial charge in [0.05, 0.1) is 21.8 Å². The molecular weight excluding hydrogens is 365 g/mol. The third-order valence-electron chi connectivity index (χ3n) is 4.05. The summed E-state index contributed by atoms with van der Waals surface area (Å²) >= 11 is 1.64. The average molecular weight is 385 g/mol. The Morgan fingerprint density at radius 1 is 1.15 bits per heavy atom. The predicted octanol–water partition coefficient (Wildman–Crippen LogP) is 3.86. The molecule has 1 N–H and O–H groups in total. The van der Waals surface area contributed by atoms with Crippen molar-refractivity contribution in [2.24, 2.45) is 0 Å². The van der Waals surface area contributed by atoms with Gasteiger partial charge in [0.1, 0.15) is 5.82 Å². The van der Waals surface area contributed by atoms with E-state index in [4.69, 9.17) is 0 Å². The molecule has 0 atom stereocenters. The fourth-order valence-electron chi connectivity index (χ4n) is 2.65. The number of para-hydroxylation sites is 1. The molecule has 0 unspecified atom stereocenters. The van der Waals surface area contributed by atoms with E-state index in [-0.39, 0.29) is 24.2 Å². The standard InChI is InChI=1S/C20H20FN3O2S/c1-24(13-18(25)22-15-11-9-14(21)10-12-15)20(26)8-4-7-19-23-16-5-2-3-6-17(16)27-19/h2-3,5-6,9-12H,4,7-8,13H2,1H3,(H,22,25). The minimum Gasteiger partial charge on any atom is -0.336 e. The van der Waals surface area contributed by atoms with Crippen LogP contribution >= 0.6 is 11.3 Å². The van der Waals surface area contributed by atoms with E-state index in [0.29, 0.717) is 18.5 Å². The predicted molar refractivity (Wildman–Crippen MR) is 105 cm³/mol. The molecule has 0 radical (unpaired) electrons. The molecule has 0 aliphatic carbocycles. The van der Waals surface area contributed by atoms with Crippen LogP contribution in [0.25, 0.3) is 10.2 Å². The second-order valence-electron chi connectivity index (χ2n) is 6.23. The molecule has 1 aromatic heterocycles. The number of anilines is 1. The summed E-state index contributed by atoms with van der Waals surface area (Å²) in [7, 11) is 1.60. The summed E-state index contributed by atoms with van der Waals surface area (Å²) < 4.78 is 14.0. The Morgan fingerprint density at radius 3 is 2.63 bits per heavy atom. The summed E-state index contributed by atoms with van der Waals surface area (Å²) in [4.78, 5) is 30.2. The number of benzene rings is 2. The Kier molecular flexibility index (Phi) is 6.13. The Hall–Kier alpha value is -2.80. The number of hydrogen-bond acceptors (Lipinski definition) is 4. The Bertz CT molecular complexity index is 907. The molecular formula is C20H20FN3O2S. The molecule has 0 aliphatic rings. The van der Waals surface area contributed by atoms with Gasteiger partial charge in [0, 0.05) is 19.2 Å². The van der Waals surface area contributed by atoms with Crippen molar-refractivity contribution in [2.75, 3.05) is 18.9 Å². The van der Waals surface area contributed by atoms with Crippen LogP contribution < -0.4 is 5.32 Å². The van der Waals surface area contributed by atoms with Gasteiger partial charge in [0.15, 0.2) is 0 Å². The zero-order chi connectivity index (χ0) is 19.2. The van der Waals surface area contributed by atoms with E-state index in [2.05, 4.69) is 10.3 Å². The maximum Gasteiger partial charge on any atom is 0.243 e. The summed E-state index contributed by atoms with van der Waals surface area (Å²) in [5.74, 6) is -0.776. The van der Waals surface area contributed by atoms with Gasteiger partial charge in [-0.2, -0.15) is 0 Å². The molecule has 2 aromatic carbocycles. The zero-order valence-electron chi connectivity index (χ0n) is 14.9. The van der Waals surface area contributed by atoms with E-state index < -0.39 is 0 Å². The minimum absolute atomic E-state index is 0.0443. The van der Waals surface area contributed by atoms with Gasteiger partial charge in [-0.1, -0.05) is 12.1 Å². The number of nitrogens with zero attached hydrogens (tertiary/aromatic N) is 2. The summed E-state index contributed by atoms with van der Waals surface area (Å²) in [5.41, 5.74) is 1.48. The Balaban J connectivity index is 1.43. The minimum atomic E-state index is -0.367. The number of carbonyl (C=O) groups is 2. The smallest absolute Gasteiger partial charge is 0.243 e. The zero-order valence-corrected chi connectivity index (χ0v) is 15.8. The molecule has 3 aromatic rings. The first kappa shape index (κ1) is 19.0. The molecule has 3 rings (SSSR count). The van der Waals surface area contributed by atoms with Crippen molar-refractivity contribution in [2.45, 2.75) is 19.3 Å². The molecule has 0 bridgehead atoms. The quantitative estimate of drug-likeness (QED) is 0.672. The largest absolute Gasteiger partial charge is 0.336 e. The lowest BCUT2D eigenvalue weighted by Crippen LogP contribution is -2.34. The van der Waals surface area contributed by atoms with Crippen molar-refractivity contribution in [1.29, 1.82) is 0 Å². The first-order chi connectivity index (χ1) is 13.0. The highest BCUT2D eigenvalue weighted by Crippen LogP contribution is 2.22. The normalized spacial score (nSPS) is 10.7. The number of rotatable bonds is 7. The SMILES string of the molecule is CN(CC(=O)Nc1ccc(F)cc1)C(=O)CCCc1nc2ccccc2s1. The monoisotopic (exact) mass is 385 g/mol.